The molecule has 2 atom stereocenters. The first-order valence-corrected chi connectivity index (χ1v) is 10.6. The van der Waals surface area contributed by atoms with E-state index >= 15 is 0 Å². The Balaban J connectivity index is 1.34. The molecule has 4 rings (SSSR count). The van der Waals surface area contributed by atoms with Crippen molar-refractivity contribution in [1.82, 2.24) is 30.1 Å². The smallest absolute Gasteiger partial charge is 0.325 e. The second-order valence-corrected chi connectivity index (χ2v) is 8.90. The molecule has 1 saturated heterocycles. The third-order valence-corrected chi connectivity index (χ3v) is 6.12. The van der Waals surface area contributed by atoms with E-state index in [1.54, 1.807) is 12.4 Å². The number of carbonyl (C=O) groups is 3. The Morgan fingerprint density at radius 1 is 1.23 bits per heavy atom. The lowest BCUT2D eigenvalue weighted by Crippen LogP contribution is -2.52. The molecular formula is C22H28N6O3. The summed E-state index contributed by atoms with van der Waals surface area (Å²) in [6.07, 6.45) is 7.50. The molecule has 164 valence electrons. The van der Waals surface area contributed by atoms with Gasteiger partial charge >= 0.3 is 6.03 Å². The number of nitrogens with zero attached hydrogens (tertiary/aromatic N) is 4. The van der Waals surface area contributed by atoms with Gasteiger partial charge in [-0.25, -0.2) is 14.8 Å². The zero-order chi connectivity index (χ0) is 22.2. The fraction of sp³-hybridized carbons (Fsp3) is 0.500. The molecular weight excluding hydrogens is 396 g/mol. The summed E-state index contributed by atoms with van der Waals surface area (Å²) in [5, 5.41) is 5.64. The van der Waals surface area contributed by atoms with Crippen LogP contribution in [0.3, 0.4) is 0 Å². The van der Waals surface area contributed by atoms with Crippen molar-refractivity contribution in [2.45, 2.75) is 52.1 Å². The molecule has 1 aliphatic carbocycles. The van der Waals surface area contributed by atoms with E-state index in [1.165, 1.54) is 0 Å². The maximum Gasteiger partial charge on any atom is 0.325 e. The Morgan fingerprint density at radius 3 is 2.58 bits per heavy atom. The van der Waals surface area contributed by atoms with Crippen LogP contribution in [-0.4, -0.2) is 49.4 Å². The first-order valence-electron chi connectivity index (χ1n) is 10.6. The van der Waals surface area contributed by atoms with Gasteiger partial charge in [-0.2, -0.15) is 0 Å². The van der Waals surface area contributed by atoms with E-state index in [-0.39, 0.29) is 24.9 Å². The molecule has 3 heterocycles. The van der Waals surface area contributed by atoms with Crippen LogP contribution in [0.5, 0.6) is 0 Å². The lowest BCUT2D eigenvalue weighted by Gasteiger charge is -2.37. The lowest BCUT2D eigenvalue weighted by atomic mass is 9.71. The number of amides is 4. The van der Waals surface area contributed by atoms with Gasteiger partial charge in [-0.05, 0) is 49.7 Å². The topological polar surface area (TPSA) is 109 Å². The second kappa shape index (κ2) is 8.13. The highest BCUT2D eigenvalue weighted by Crippen LogP contribution is 2.39. The van der Waals surface area contributed by atoms with Crippen molar-refractivity contribution in [3.8, 4) is 5.82 Å². The normalized spacial score (nSPS) is 25.7. The molecule has 2 aliphatic rings. The van der Waals surface area contributed by atoms with Crippen LogP contribution in [0.2, 0.25) is 0 Å². The number of urea groups is 1. The summed E-state index contributed by atoms with van der Waals surface area (Å²) in [6, 6.07) is 3.24. The van der Waals surface area contributed by atoms with Gasteiger partial charge in [0.15, 0.2) is 0 Å². The average molecular weight is 425 g/mol. The molecule has 31 heavy (non-hydrogen) atoms. The summed E-state index contributed by atoms with van der Waals surface area (Å²) < 4.78 is 1.86. The standard InChI is InChI=1S/C22H28N6O3/c1-14-8-15(2)10-22(9-14)20(30)28(21(31)26-22)13-19(29)25-12-17-4-5-18(24-11-17)27-7-6-23-16(27)3/h4-7,11,14-15H,8-10,12-13H2,1-3H3,(H,25,29)(H,26,31). The molecule has 1 aliphatic heterocycles. The molecule has 0 radical (unpaired) electrons. The van der Waals surface area contributed by atoms with Crippen LogP contribution in [0.1, 0.15) is 44.5 Å². The molecule has 0 bridgehead atoms. The zero-order valence-corrected chi connectivity index (χ0v) is 18.1. The van der Waals surface area contributed by atoms with Crippen LogP contribution in [0.15, 0.2) is 30.7 Å². The number of hydrogen-bond donors (Lipinski definition) is 2. The summed E-state index contributed by atoms with van der Waals surface area (Å²) >= 11 is 0. The van der Waals surface area contributed by atoms with Crippen molar-refractivity contribution in [2.75, 3.05) is 6.54 Å². The summed E-state index contributed by atoms with van der Waals surface area (Å²) in [5.74, 6) is 1.61. The molecule has 2 aromatic rings. The lowest BCUT2D eigenvalue weighted by molar-refractivity contribution is -0.136. The van der Waals surface area contributed by atoms with E-state index in [9.17, 15) is 14.4 Å². The van der Waals surface area contributed by atoms with Gasteiger partial charge in [-0.3, -0.25) is 19.1 Å². The average Bonchev–Trinajstić information content (AvgIpc) is 3.23. The highest BCUT2D eigenvalue weighted by molar-refractivity contribution is 6.09. The van der Waals surface area contributed by atoms with Crippen molar-refractivity contribution >= 4 is 17.8 Å². The van der Waals surface area contributed by atoms with Crippen LogP contribution < -0.4 is 10.6 Å². The number of aryl methyl sites for hydroxylation is 1. The van der Waals surface area contributed by atoms with Crippen LogP contribution in [0, 0.1) is 18.8 Å². The van der Waals surface area contributed by atoms with Gasteiger partial charge in [0.2, 0.25) is 5.91 Å². The van der Waals surface area contributed by atoms with Gasteiger partial charge in [0.05, 0.1) is 0 Å². The summed E-state index contributed by atoms with van der Waals surface area (Å²) in [5.41, 5.74) is -0.0434. The van der Waals surface area contributed by atoms with Crippen LogP contribution >= 0.6 is 0 Å². The predicted octanol–water partition coefficient (Wildman–Crippen LogP) is 1.94. The van der Waals surface area contributed by atoms with Gasteiger partial charge < -0.3 is 10.6 Å². The van der Waals surface area contributed by atoms with Gasteiger partial charge in [0.25, 0.3) is 5.91 Å². The highest BCUT2D eigenvalue weighted by atomic mass is 16.2. The first-order chi connectivity index (χ1) is 14.8. The minimum atomic E-state index is -0.861. The Labute approximate surface area is 181 Å². The Hall–Kier alpha value is -3.23. The maximum absolute atomic E-state index is 13.0. The molecule has 4 amide bonds. The number of pyridine rings is 1. The van der Waals surface area contributed by atoms with Crippen LogP contribution in [0.25, 0.3) is 5.82 Å². The number of rotatable bonds is 5. The molecule has 2 N–H and O–H groups in total. The SMILES string of the molecule is Cc1nccn1-c1ccc(CNC(=O)CN2C(=O)NC3(CC(C)CC(C)C3)C2=O)cn1. The minimum absolute atomic E-state index is 0.262. The van der Waals surface area contributed by atoms with Crippen LogP contribution in [-0.2, 0) is 16.1 Å². The monoisotopic (exact) mass is 424 g/mol. The highest BCUT2D eigenvalue weighted by Gasteiger charge is 2.54. The van der Waals surface area contributed by atoms with Crippen molar-refractivity contribution in [1.29, 1.82) is 0 Å². The van der Waals surface area contributed by atoms with Crippen molar-refractivity contribution in [3.05, 3.63) is 42.1 Å². The Bertz CT molecular complexity index is 989. The predicted molar refractivity (Wildman–Crippen MR) is 113 cm³/mol. The van der Waals surface area contributed by atoms with E-state index in [0.29, 0.717) is 24.7 Å². The summed E-state index contributed by atoms with van der Waals surface area (Å²) in [4.78, 5) is 47.5. The molecule has 9 heteroatoms. The minimum Gasteiger partial charge on any atom is -0.350 e. The number of nitrogens with one attached hydrogen (secondary N) is 2. The molecule has 2 unspecified atom stereocenters. The van der Waals surface area contributed by atoms with E-state index in [2.05, 4.69) is 34.4 Å². The van der Waals surface area contributed by atoms with Crippen molar-refractivity contribution in [2.24, 2.45) is 11.8 Å². The van der Waals surface area contributed by atoms with E-state index in [1.807, 2.05) is 29.8 Å². The van der Waals surface area contributed by atoms with Crippen LogP contribution in [0.4, 0.5) is 4.79 Å². The molecule has 9 nitrogen and oxygen atoms in total. The molecule has 1 spiro atoms. The van der Waals surface area contributed by atoms with Crippen molar-refractivity contribution in [3.63, 3.8) is 0 Å². The fourth-order valence-electron chi connectivity index (χ4n) is 4.91. The van der Waals surface area contributed by atoms with E-state index < -0.39 is 11.6 Å². The van der Waals surface area contributed by atoms with Gasteiger partial charge in [0, 0.05) is 25.1 Å². The second-order valence-electron chi connectivity index (χ2n) is 8.90. The van der Waals surface area contributed by atoms with E-state index in [0.717, 1.165) is 28.5 Å². The van der Waals surface area contributed by atoms with Gasteiger partial charge in [0.1, 0.15) is 23.7 Å². The zero-order valence-electron chi connectivity index (χ0n) is 18.1. The molecule has 2 fully saturated rings. The molecule has 2 aromatic heterocycles. The number of carbonyl (C=O) groups excluding carboxylic acids is 3. The summed E-state index contributed by atoms with van der Waals surface area (Å²) in [6.45, 7) is 6.07. The number of imide groups is 1. The quantitative estimate of drug-likeness (QED) is 0.713. The Kier molecular flexibility index (Phi) is 5.51. The third kappa shape index (κ3) is 4.17. The molecule has 0 aromatic carbocycles. The van der Waals surface area contributed by atoms with Crippen molar-refractivity contribution < 1.29 is 14.4 Å². The number of hydrogen-bond acceptors (Lipinski definition) is 5. The number of imidazole rings is 1. The third-order valence-electron chi connectivity index (χ3n) is 6.12. The fourth-order valence-corrected chi connectivity index (χ4v) is 4.91. The van der Waals surface area contributed by atoms with E-state index in [4.69, 9.17) is 0 Å². The van der Waals surface area contributed by atoms with Gasteiger partial charge in [-0.1, -0.05) is 19.9 Å². The molecule has 1 saturated carbocycles. The maximum atomic E-state index is 13.0. The number of aromatic nitrogens is 3. The Morgan fingerprint density at radius 2 is 1.97 bits per heavy atom. The van der Waals surface area contributed by atoms with Gasteiger partial charge in [-0.15, -0.1) is 0 Å². The largest absolute Gasteiger partial charge is 0.350 e. The summed E-state index contributed by atoms with van der Waals surface area (Å²) in [7, 11) is 0. The first kappa shape index (κ1) is 21.0.